The number of ether oxygens (including phenoxy) is 1. The molecular weight excluding hydrogens is 204 g/mol. The van der Waals surface area contributed by atoms with Gasteiger partial charge in [0, 0.05) is 0 Å². The Bertz CT molecular complexity index is 120. The van der Waals surface area contributed by atoms with Gasteiger partial charge in [0.15, 0.2) is 0 Å². The first-order valence-corrected chi connectivity index (χ1v) is 3.85. The van der Waals surface area contributed by atoms with E-state index < -0.39 is 23.3 Å². The molecule has 0 amide bonds. The summed E-state index contributed by atoms with van der Waals surface area (Å²) in [4.78, 5) is 0. The summed E-state index contributed by atoms with van der Waals surface area (Å²) in [7, 11) is 0. The Kier molecular flexibility index (Phi) is 2.65. The van der Waals surface area contributed by atoms with E-state index in [0.29, 0.717) is 0 Å². The Morgan fingerprint density at radius 2 is 1.90 bits per heavy atom. The summed E-state index contributed by atoms with van der Waals surface area (Å²) >= 11 is 2.98. The lowest BCUT2D eigenvalue weighted by Crippen LogP contribution is -2.32. The zero-order valence-electron chi connectivity index (χ0n) is 5.14. The highest BCUT2D eigenvalue weighted by Gasteiger charge is 2.40. The van der Waals surface area contributed by atoms with Crippen LogP contribution in [0.3, 0.4) is 0 Å². The van der Waals surface area contributed by atoms with Gasteiger partial charge < -0.3 is 20.1 Å². The van der Waals surface area contributed by atoms with Crippen molar-refractivity contribution >= 4 is 15.9 Å². The Morgan fingerprint density at radius 1 is 1.30 bits per heavy atom. The molecule has 1 unspecified atom stereocenters. The van der Waals surface area contributed by atoms with Gasteiger partial charge >= 0.3 is 0 Å². The van der Waals surface area contributed by atoms with E-state index in [0.717, 1.165) is 0 Å². The maximum absolute atomic E-state index is 9.06. The van der Waals surface area contributed by atoms with Crippen LogP contribution in [0.25, 0.3) is 0 Å². The third kappa shape index (κ3) is 1.33. The Hall–Kier alpha value is 0.320. The Morgan fingerprint density at radius 3 is 2.10 bits per heavy atom. The van der Waals surface area contributed by atoms with Crippen LogP contribution in [-0.4, -0.2) is 45.3 Å². The summed E-state index contributed by atoms with van der Waals surface area (Å²) in [6.07, 6.45) is -2.61. The number of aliphatic hydroxyl groups excluding tert-OH is 3. The van der Waals surface area contributed by atoms with Gasteiger partial charge in [-0.2, -0.15) is 0 Å². The second kappa shape index (κ2) is 3.15. The second-order valence-corrected chi connectivity index (χ2v) is 3.09. The van der Waals surface area contributed by atoms with Gasteiger partial charge in [-0.1, -0.05) is 15.9 Å². The van der Waals surface area contributed by atoms with Gasteiger partial charge in [0.1, 0.15) is 23.3 Å². The first kappa shape index (κ1) is 8.42. The molecule has 0 aromatic heterocycles. The van der Waals surface area contributed by atoms with E-state index in [1.165, 1.54) is 0 Å². The van der Waals surface area contributed by atoms with Crippen LogP contribution in [0.15, 0.2) is 0 Å². The van der Waals surface area contributed by atoms with E-state index in [1.54, 1.807) is 0 Å². The average Bonchev–Trinajstić information content (AvgIpc) is 2.17. The smallest absolute Gasteiger partial charge is 0.141 e. The molecule has 0 spiro atoms. The summed E-state index contributed by atoms with van der Waals surface area (Å²) in [5, 5.41) is 26.1. The third-order valence-electron chi connectivity index (χ3n) is 1.48. The third-order valence-corrected chi connectivity index (χ3v) is 2.24. The van der Waals surface area contributed by atoms with Crippen LogP contribution in [0.4, 0.5) is 0 Å². The van der Waals surface area contributed by atoms with Crippen LogP contribution >= 0.6 is 15.9 Å². The lowest BCUT2D eigenvalue weighted by atomic mass is 10.2. The summed E-state index contributed by atoms with van der Waals surface area (Å²) in [5.74, 6) is 0. The van der Waals surface area contributed by atoms with E-state index in [2.05, 4.69) is 15.9 Å². The first-order chi connectivity index (χ1) is 4.66. The molecule has 1 heterocycles. The van der Waals surface area contributed by atoms with E-state index in [-0.39, 0.29) is 6.61 Å². The van der Waals surface area contributed by atoms with Gasteiger partial charge in [-0.15, -0.1) is 0 Å². The molecule has 0 saturated carbocycles. The fraction of sp³-hybridized carbons (Fsp3) is 1.00. The molecule has 4 atom stereocenters. The topological polar surface area (TPSA) is 69.9 Å². The highest BCUT2D eigenvalue weighted by Crippen LogP contribution is 2.24. The normalized spacial score (nSPS) is 48.0. The molecule has 10 heavy (non-hydrogen) atoms. The highest BCUT2D eigenvalue weighted by atomic mass is 79.9. The molecule has 5 heteroatoms. The lowest BCUT2D eigenvalue weighted by Gasteiger charge is -2.09. The van der Waals surface area contributed by atoms with Gasteiger partial charge in [-0.25, -0.2) is 0 Å². The predicted molar refractivity (Wildman–Crippen MR) is 36.7 cm³/mol. The SMILES string of the molecule is OC[C@H]1OC(Br)[C@H](O)[C@H]1O. The maximum atomic E-state index is 9.06. The number of hydrogen-bond donors (Lipinski definition) is 3. The molecule has 0 aromatic rings. The molecule has 60 valence electrons. The van der Waals surface area contributed by atoms with Gasteiger partial charge in [-0.3, -0.25) is 0 Å². The largest absolute Gasteiger partial charge is 0.394 e. The molecule has 1 rings (SSSR count). The minimum Gasteiger partial charge on any atom is -0.394 e. The van der Waals surface area contributed by atoms with Gasteiger partial charge in [0.25, 0.3) is 0 Å². The summed E-state index contributed by atoms with van der Waals surface area (Å²) in [6, 6.07) is 0. The summed E-state index contributed by atoms with van der Waals surface area (Å²) in [6.45, 7) is -0.277. The molecular formula is C5H9BrO4. The van der Waals surface area contributed by atoms with Gasteiger partial charge in [0.05, 0.1) is 6.61 Å². The van der Waals surface area contributed by atoms with Crippen LogP contribution in [0, 0.1) is 0 Å². The summed E-state index contributed by atoms with van der Waals surface area (Å²) < 4.78 is 4.90. The van der Waals surface area contributed by atoms with Crippen molar-refractivity contribution in [2.45, 2.75) is 23.3 Å². The fourth-order valence-corrected chi connectivity index (χ4v) is 1.44. The molecule has 0 aliphatic carbocycles. The maximum Gasteiger partial charge on any atom is 0.141 e. The molecule has 3 N–H and O–H groups in total. The standard InChI is InChI=1S/C5H9BrO4/c6-5-4(9)3(8)2(1-7)10-5/h2-5,7-9H,1H2/t2-,3+,4-,5?/m1/s1. The number of halogens is 1. The Balaban J connectivity index is 2.53. The van der Waals surface area contributed by atoms with Crippen LogP contribution in [-0.2, 0) is 4.74 Å². The van der Waals surface area contributed by atoms with Crippen molar-refractivity contribution < 1.29 is 20.1 Å². The quantitative estimate of drug-likeness (QED) is 0.479. The average molecular weight is 213 g/mol. The minimum atomic E-state index is -0.991. The highest BCUT2D eigenvalue weighted by molar-refractivity contribution is 9.09. The molecule has 4 nitrogen and oxygen atoms in total. The zero-order chi connectivity index (χ0) is 7.72. The van der Waals surface area contributed by atoms with Crippen molar-refractivity contribution in [2.24, 2.45) is 0 Å². The van der Waals surface area contributed by atoms with E-state index in [4.69, 9.17) is 20.1 Å². The van der Waals surface area contributed by atoms with Crippen LogP contribution < -0.4 is 0 Å². The zero-order valence-corrected chi connectivity index (χ0v) is 6.73. The monoisotopic (exact) mass is 212 g/mol. The van der Waals surface area contributed by atoms with E-state index >= 15 is 0 Å². The van der Waals surface area contributed by atoms with Crippen molar-refractivity contribution in [3.8, 4) is 0 Å². The van der Waals surface area contributed by atoms with Crippen LogP contribution in [0.1, 0.15) is 0 Å². The molecule has 1 saturated heterocycles. The van der Waals surface area contributed by atoms with Crippen molar-refractivity contribution in [1.82, 2.24) is 0 Å². The van der Waals surface area contributed by atoms with Crippen LogP contribution in [0.2, 0.25) is 0 Å². The number of alkyl halides is 1. The fourth-order valence-electron chi connectivity index (χ4n) is 0.854. The number of hydrogen-bond acceptors (Lipinski definition) is 4. The molecule has 0 radical (unpaired) electrons. The molecule has 1 aliphatic heterocycles. The van der Waals surface area contributed by atoms with Crippen molar-refractivity contribution in [1.29, 1.82) is 0 Å². The molecule has 0 bridgehead atoms. The van der Waals surface area contributed by atoms with Gasteiger partial charge in [-0.05, 0) is 0 Å². The lowest BCUT2D eigenvalue weighted by molar-refractivity contribution is -0.00760. The predicted octanol–water partition coefficient (Wildman–Crippen LogP) is -1.18. The van der Waals surface area contributed by atoms with Crippen molar-refractivity contribution in [3.63, 3.8) is 0 Å². The number of aliphatic hydroxyl groups is 3. The van der Waals surface area contributed by atoms with Gasteiger partial charge in [0.2, 0.25) is 0 Å². The van der Waals surface area contributed by atoms with Crippen LogP contribution in [0.5, 0.6) is 0 Å². The molecule has 1 aliphatic rings. The Labute approximate surface area is 66.6 Å². The minimum absolute atomic E-state index is 0.277. The summed E-state index contributed by atoms with van der Waals surface area (Å²) in [5.41, 5.74) is 0. The molecule has 0 aromatic carbocycles. The first-order valence-electron chi connectivity index (χ1n) is 2.93. The second-order valence-electron chi connectivity index (χ2n) is 2.19. The van der Waals surface area contributed by atoms with Crippen molar-refractivity contribution in [2.75, 3.05) is 6.61 Å². The molecule has 1 fully saturated rings. The van der Waals surface area contributed by atoms with E-state index in [9.17, 15) is 0 Å². The number of rotatable bonds is 1. The van der Waals surface area contributed by atoms with Crippen molar-refractivity contribution in [3.05, 3.63) is 0 Å². The van der Waals surface area contributed by atoms with E-state index in [1.807, 2.05) is 0 Å².